The van der Waals surface area contributed by atoms with E-state index >= 15 is 0 Å². The quantitative estimate of drug-likeness (QED) is 0.332. The van der Waals surface area contributed by atoms with Gasteiger partial charge in [-0.3, -0.25) is 18.9 Å². The first-order valence-corrected chi connectivity index (χ1v) is 8.78. The van der Waals surface area contributed by atoms with E-state index in [4.69, 9.17) is 10.5 Å². The van der Waals surface area contributed by atoms with Crippen molar-refractivity contribution in [3.8, 4) is 23.7 Å². The van der Waals surface area contributed by atoms with Gasteiger partial charge < -0.3 is 27.3 Å². The Balaban J connectivity index is 0.000000403. The molecule has 2 heterocycles. The normalized spacial score (nSPS) is 20.3. The van der Waals surface area contributed by atoms with E-state index in [9.17, 15) is 0 Å². The molecule has 0 amide bonds. The number of rotatable bonds is 2. The second-order valence-corrected chi connectivity index (χ2v) is 6.44. The second kappa shape index (κ2) is 12.2. The van der Waals surface area contributed by atoms with Gasteiger partial charge in [0.2, 0.25) is 0 Å². The molecule has 0 bridgehead atoms. The van der Waals surface area contributed by atoms with Crippen molar-refractivity contribution in [1.82, 2.24) is 25.1 Å². The number of aliphatic hydroxyl groups is 1. The van der Waals surface area contributed by atoms with Gasteiger partial charge in [0.1, 0.15) is 0 Å². The van der Waals surface area contributed by atoms with E-state index < -0.39 is 0 Å². The van der Waals surface area contributed by atoms with Gasteiger partial charge in [0.25, 0.3) is 0 Å². The maximum atomic E-state index is 7.93. The zero-order chi connectivity index (χ0) is 20.4. The van der Waals surface area contributed by atoms with Gasteiger partial charge in [0.15, 0.2) is 5.82 Å². The van der Waals surface area contributed by atoms with E-state index in [1.807, 2.05) is 19.3 Å². The van der Waals surface area contributed by atoms with Crippen molar-refractivity contribution >= 4 is 6.21 Å². The van der Waals surface area contributed by atoms with E-state index in [1.165, 1.54) is 5.56 Å². The topological polar surface area (TPSA) is 90.9 Å². The molecule has 8 heteroatoms. The number of aryl methyl sites for hydroxylation is 1. The van der Waals surface area contributed by atoms with Crippen LogP contribution in [0.2, 0.25) is 0 Å². The van der Waals surface area contributed by atoms with Crippen LogP contribution in [0.4, 0.5) is 0 Å². The van der Waals surface area contributed by atoms with Gasteiger partial charge in [0, 0.05) is 0 Å². The van der Waals surface area contributed by atoms with Crippen molar-refractivity contribution in [2.45, 2.75) is 18.8 Å². The van der Waals surface area contributed by atoms with Gasteiger partial charge in [-0.15, -0.1) is 16.4 Å². The van der Waals surface area contributed by atoms with Crippen LogP contribution in [-0.2, 0) is 33.5 Å². The zero-order valence-electron chi connectivity index (χ0n) is 16.5. The third-order valence-electron chi connectivity index (χ3n) is 4.72. The number of nitrogens with zero attached hydrogens (tertiary/aromatic N) is 5. The molecule has 1 fully saturated rings. The summed E-state index contributed by atoms with van der Waals surface area (Å²) in [6, 6.07) is 10.5. The Morgan fingerprint density at radius 2 is 2.07 bits per heavy atom. The summed E-state index contributed by atoms with van der Waals surface area (Å²) in [5.74, 6) is 10.00. The van der Waals surface area contributed by atoms with Gasteiger partial charge in [-0.25, -0.2) is 0 Å². The minimum absolute atomic E-state index is 0. The van der Waals surface area contributed by atoms with Crippen molar-refractivity contribution in [3.05, 3.63) is 55.4 Å². The standard InChI is InChI=1S/C15H20N5.C6H3NO.W/c1-12-11-19(2)10-9-15(12,13-7-5-4-6-8-13)14-16-18-20(3)17-14;7-5-3-1-2-4-6-8;/h4-8,12H,2,9-11H2,1,3H3;6-8H;/q-1;-2;+2. The maximum Gasteiger partial charge on any atom is 2.00 e. The number of piperidine rings is 1. The average molecular weight is 559 g/mol. The fraction of sp³-hybridized carbons (Fsp3) is 0.333. The molecule has 1 aliphatic heterocycles. The summed E-state index contributed by atoms with van der Waals surface area (Å²) in [5, 5.41) is 27.1. The Morgan fingerprint density at radius 3 is 2.62 bits per heavy atom. The largest absolute Gasteiger partial charge is 2.00 e. The molecule has 0 saturated carbocycles. The Morgan fingerprint density at radius 1 is 1.34 bits per heavy atom. The minimum atomic E-state index is -0.163. The van der Waals surface area contributed by atoms with E-state index in [-0.39, 0.29) is 26.5 Å². The van der Waals surface area contributed by atoms with E-state index in [0.29, 0.717) is 12.5 Å². The zero-order valence-corrected chi connectivity index (χ0v) is 19.4. The third-order valence-corrected chi connectivity index (χ3v) is 4.72. The monoisotopic (exact) mass is 559 g/mol. The Hall–Kier alpha value is -2.44. The van der Waals surface area contributed by atoms with Gasteiger partial charge in [-0.05, 0) is 36.2 Å². The Labute approximate surface area is 186 Å². The molecule has 1 aromatic heterocycles. The molecule has 2 unspecified atom stereocenters. The van der Waals surface area contributed by atoms with Crippen molar-refractivity contribution in [2.75, 3.05) is 13.1 Å². The SMILES string of the molecule is N=[C-]C#CC#C[CH-]O.[CH2-]N1CCC(c2ccccc2)(c2nnn(C)n2)C(C)C1.[W+2]. The van der Waals surface area contributed by atoms with Crippen LogP contribution in [0.25, 0.3) is 0 Å². The van der Waals surface area contributed by atoms with Crippen LogP contribution >= 0.6 is 0 Å². The van der Waals surface area contributed by atoms with Crippen molar-refractivity contribution in [3.63, 3.8) is 0 Å². The fourth-order valence-electron chi connectivity index (χ4n) is 3.43. The molecule has 1 aromatic carbocycles. The van der Waals surface area contributed by atoms with Crippen molar-refractivity contribution in [2.24, 2.45) is 13.0 Å². The first kappa shape index (κ1) is 24.6. The molecule has 0 aliphatic carbocycles. The molecular weight excluding hydrogens is 536 g/mol. The van der Waals surface area contributed by atoms with Crippen LogP contribution in [-0.4, -0.2) is 49.5 Å². The van der Waals surface area contributed by atoms with Crippen LogP contribution < -0.4 is 0 Å². The fourth-order valence-corrected chi connectivity index (χ4v) is 3.43. The first-order valence-electron chi connectivity index (χ1n) is 8.78. The van der Waals surface area contributed by atoms with E-state index in [2.05, 4.69) is 82.2 Å². The van der Waals surface area contributed by atoms with E-state index in [1.54, 1.807) is 4.80 Å². The Kier molecular flexibility index (Phi) is 10.3. The molecular formula is C21H23N6OW-. The molecule has 29 heavy (non-hydrogen) atoms. The molecule has 0 spiro atoms. The molecule has 7 nitrogen and oxygen atoms in total. The molecule has 3 rings (SSSR count). The van der Waals surface area contributed by atoms with Crippen LogP contribution in [0.3, 0.4) is 0 Å². The predicted octanol–water partition coefficient (Wildman–Crippen LogP) is 1.68. The number of hydrogen-bond donors (Lipinski definition) is 2. The van der Waals surface area contributed by atoms with E-state index in [0.717, 1.165) is 25.3 Å². The molecule has 0 radical (unpaired) electrons. The van der Waals surface area contributed by atoms with Crippen LogP contribution in [0.5, 0.6) is 0 Å². The number of nitrogens with one attached hydrogen (secondary N) is 1. The summed E-state index contributed by atoms with van der Waals surface area (Å²) in [6.07, 6.45) is 2.78. The van der Waals surface area contributed by atoms with Gasteiger partial charge in [-0.2, -0.15) is 4.80 Å². The molecule has 1 aliphatic rings. The first-order chi connectivity index (χ1) is 13.5. The molecule has 1 saturated heterocycles. The Bertz CT molecular complexity index is 892. The minimum Gasteiger partial charge on any atom is -0.459 e. The van der Waals surface area contributed by atoms with Crippen LogP contribution in [0.15, 0.2) is 30.3 Å². The van der Waals surface area contributed by atoms with Gasteiger partial charge >= 0.3 is 21.1 Å². The predicted molar refractivity (Wildman–Crippen MR) is 106 cm³/mol. The molecule has 2 atom stereocenters. The third kappa shape index (κ3) is 6.27. The second-order valence-electron chi connectivity index (χ2n) is 6.44. The summed E-state index contributed by atoms with van der Waals surface area (Å²) in [5.41, 5.74) is 1.11. The maximum absolute atomic E-state index is 7.93. The number of likely N-dealkylation sites (tertiary alicyclic amines) is 1. The van der Waals surface area contributed by atoms with Crippen molar-refractivity contribution in [1.29, 1.82) is 5.41 Å². The van der Waals surface area contributed by atoms with Gasteiger partial charge in [-0.1, -0.05) is 43.9 Å². The number of hydrogen-bond acceptors (Lipinski definition) is 6. The number of aromatic nitrogens is 4. The number of aliphatic hydroxyl groups excluding tert-OH is 1. The number of benzene rings is 1. The van der Waals surface area contributed by atoms with Gasteiger partial charge in [0.05, 0.1) is 12.5 Å². The molecule has 2 N–H and O–H groups in total. The van der Waals surface area contributed by atoms with Crippen molar-refractivity contribution < 1.29 is 26.2 Å². The van der Waals surface area contributed by atoms with Crippen LogP contribution in [0.1, 0.15) is 24.7 Å². The molecule has 150 valence electrons. The molecule has 2 aromatic rings. The summed E-state index contributed by atoms with van der Waals surface area (Å²) < 4.78 is 0. The summed E-state index contributed by atoms with van der Waals surface area (Å²) in [6.45, 7) is 4.82. The summed E-state index contributed by atoms with van der Waals surface area (Å²) in [4.78, 5) is 3.67. The average Bonchev–Trinajstić information content (AvgIpc) is 3.14. The summed E-state index contributed by atoms with van der Waals surface area (Å²) in [7, 11) is 5.89. The number of tetrazole rings is 1. The van der Waals surface area contributed by atoms with Crippen LogP contribution in [0, 0.1) is 48.7 Å². The summed E-state index contributed by atoms with van der Waals surface area (Å²) >= 11 is 0. The smallest absolute Gasteiger partial charge is 0.459 e.